The number of fused-ring (bicyclic) bond motifs is 1. The fraction of sp³-hybridized carbons (Fsp3) is 0.308. The van der Waals surface area contributed by atoms with Crippen LogP contribution in [0.3, 0.4) is 0 Å². The van der Waals surface area contributed by atoms with Crippen molar-refractivity contribution in [3.05, 3.63) is 77.5 Å². The molecule has 0 fully saturated rings. The van der Waals surface area contributed by atoms with Crippen molar-refractivity contribution in [1.29, 1.82) is 0 Å². The fourth-order valence-corrected chi connectivity index (χ4v) is 4.12. The first-order chi connectivity index (χ1) is 16.5. The highest BCUT2D eigenvalue weighted by atomic mass is 19.1. The van der Waals surface area contributed by atoms with Crippen LogP contribution in [0.5, 0.6) is 0 Å². The van der Waals surface area contributed by atoms with Crippen molar-refractivity contribution in [2.75, 3.05) is 31.1 Å². The third-order valence-electron chi connectivity index (χ3n) is 5.92. The molecule has 1 aliphatic rings. The van der Waals surface area contributed by atoms with Crippen LogP contribution in [0.15, 0.2) is 60.7 Å². The second kappa shape index (κ2) is 10.6. The number of aliphatic hydroxyl groups excluding tert-OH is 2. The van der Waals surface area contributed by atoms with E-state index in [-0.39, 0.29) is 6.03 Å². The summed E-state index contributed by atoms with van der Waals surface area (Å²) in [6, 6.07) is 18.5. The third kappa shape index (κ3) is 5.03. The number of carbonyl (C=O) groups is 1. The lowest BCUT2D eigenvalue weighted by Crippen LogP contribution is -2.41. The van der Waals surface area contributed by atoms with Gasteiger partial charge in [-0.15, -0.1) is 0 Å². The average Bonchev–Trinajstić information content (AvgIpc) is 3.08. The summed E-state index contributed by atoms with van der Waals surface area (Å²) in [7, 11) is 0. The first-order valence-electron chi connectivity index (χ1n) is 11.4. The summed E-state index contributed by atoms with van der Waals surface area (Å²) in [5.41, 5.74) is 5.37. The number of aliphatic hydroxyl groups is 2. The van der Waals surface area contributed by atoms with E-state index in [0.29, 0.717) is 43.1 Å². The van der Waals surface area contributed by atoms with Gasteiger partial charge in [-0.1, -0.05) is 24.3 Å². The highest BCUT2D eigenvalue weighted by Crippen LogP contribution is 2.35. The van der Waals surface area contributed by atoms with E-state index in [0.717, 1.165) is 22.5 Å². The molecule has 3 N–H and O–H groups in total. The predicted molar refractivity (Wildman–Crippen MR) is 129 cm³/mol. The Kier molecular flexibility index (Phi) is 7.40. The summed E-state index contributed by atoms with van der Waals surface area (Å²) in [6.45, 7) is 3.06. The molecule has 1 aromatic heterocycles. The number of rotatable bonds is 6. The molecule has 34 heavy (non-hydrogen) atoms. The number of hydrogen-bond donors (Lipinski definition) is 3. The highest BCUT2D eigenvalue weighted by molar-refractivity contribution is 5.77. The second-order valence-corrected chi connectivity index (χ2v) is 8.20. The van der Waals surface area contributed by atoms with Crippen molar-refractivity contribution in [1.82, 2.24) is 15.2 Å². The van der Waals surface area contributed by atoms with Crippen molar-refractivity contribution >= 4 is 17.4 Å². The van der Waals surface area contributed by atoms with Gasteiger partial charge < -0.3 is 25.3 Å². The highest BCUT2D eigenvalue weighted by Gasteiger charge is 2.24. The Morgan fingerprint density at radius 1 is 1.15 bits per heavy atom. The van der Waals surface area contributed by atoms with Crippen LogP contribution in [0, 0.1) is 0 Å². The van der Waals surface area contributed by atoms with Gasteiger partial charge in [0.25, 0.3) is 0 Å². The molecule has 3 aromatic rings. The molecule has 0 unspecified atom stereocenters. The number of urea groups is 1. The van der Waals surface area contributed by atoms with Crippen molar-refractivity contribution in [3.63, 3.8) is 0 Å². The maximum atomic E-state index is 13.0. The minimum Gasteiger partial charge on any atom is -0.393 e. The number of benzene rings is 2. The number of amides is 2. The normalized spacial score (nSPS) is 14.4. The van der Waals surface area contributed by atoms with Crippen LogP contribution in [-0.4, -0.2) is 52.4 Å². The van der Waals surface area contributed by atoms with Crippen LogP contribution in [0.2, 0.25) is 0 Å². The lowest BCUT2D eigenvalue weighted by Gasteiger charge is -2.25. The van der Waals surface area contributed by atoms with Crippen LogP contribution in [0.25, 0.3) is 11.3 Å². The molecular formula is C26H29FN4O3. The Bertz CT molecular complexity index is 1140. The lowest BCUT2D eigenvalue weighted by atomic mass is 10.0. The van der Waals surface area contributed by atoms with Crippen LogP contribution in [0.1, 0.15) is 29.8 Å². The number of hydrogen-bond acceptors (Lipinski definition) is 5. The maximum Gasteiger partial charge on any atom is 0.317 e. The first-order valence-corrected chi connectivity index (χ1v) is 11.4. The molecule has 2 aromatic carbocycles. The number of halogens is 1. The molecule has 0 saturated heterocycles. The quantitative estimate of drug-likeness (QED) is 0.515. The molecule has 2 heterocycles. The topological polar surface area (TPSA) is 88.9 Å². The molecule has 0 aliphatic carbocycles. The second-order valence-electron chi connectivity index (χ2n) is 8.20. The summed E-state index contributed by atoms with van der Waals surface area (Å²) in [5.74, 6) is 0. The number of anilines is 2. The van der Waals surface area contributed by atoms with Gasteiger partial charge in [-0.05, 0) is 54.4 Å². The number of pyridine rings is 1. The van der Waals surface area contributed by atoms with E-state index in [1.165, 1.54) is 0 Å². The molecule has 0 saturated carbocycles. The Labute approximate surface area is 198 Å². The molecule has 2 amide bonds. The van der Waals surface area contributed by atoms with Gasteiger partial charge in [0.05, 0.1) is 18.0 Å². The van der Waals surface area contributed by atoms with Crippen LogP contribution < -0.4 is 10.2 Å². The van der Waals surface area contributed by atoms with E-state index >= 15 is 0 Å². The van der Waals surface area contributed by atoms with Crippen molar-refractivity contribution < 1.29 is 19.4 Å². The Hall–Kier alpha value is -3.49. The van der Waals surface area contributed by atoms with Gasteiger partial charge >= 0.3 is 6.03 Å². The summed E-state index contributed by atoms with van der Waals surface area (Å²) < 4.78 is 13.0. The van der Waals surface area contributed by atoms with E-state index in [1.54, 1.807) is 29.2 Å². The zero-order chi connectivity index (χ0) is 24.1. The van der Waals surface area contributed by atoms with Gasteiger partial charge in [-0.25, -0.2) is 14.2 Å². The van der Waals surface area contributed by atoms with E-state index in [1.807, 2.05) is 43.3 Å². The molecule has 8 heteroatoms. The van der Waals surface area contributed by atoms with Crippen molar-refractivity contribution in [2.45, 2.75) is 26.2 Å². The molecular weight excluding hydrogens is 435 g/mol. The summed E-state index contributed by atoms with van der Waals surface area (Å²) in [4.78, 5) is 21.1. The van der Waals surface area contributed by atoms with Crippen molar-refractivity contribution in [3.8, 4) is 11.3 Å². The minimum absolute atomic E-state index is 0.125. The number of nitrogens with one attached hydrogen (secondary N) is 1. The molecule has 0 spiro atoms. The van der Waals surface area contributed by atoms with Gasteiger partial charge in [-0.3, -0.25) is 0 Å². The minimum atomic E-state index is -1.04. The van der Waals surface area contributed by atoms with E-state index in [9.17, 15) is 19.4 Å². The Morgan fingerprint density at radius 3 is 2.65 bits per heavy atom. The van der Waals surface area contributed by atoms with E-state index in [4.69, 9.17) is 0 Å². The first kappa shape index (κ1) is 23.7. The van der Waals surface area contributed by atoms with Gasteiger partial charge in [0, 0.05) is 43.1 Å². The molecule has 7 nitrogen and oxygen atoms in total. The van der Waals surface area contributed by atoms with Crippen LogP contribution >= 0.6 is 0 Å². The molecule has 1 atom stereocenters. The summed E-state index contributed by atoms with van der Waals surface area (Å²) in [5, 5.41) is 22.1. The molecule has 0 radical (unpaired) electrons. The number of nitrogens with zero attached hydrogens (tertiary/aromatic N) is 3. The Balaban J connectivity index is 1.75. The molecule has 4 rings (SSSR count). The van der Waals surface area contributed by atoms with Gasteiger partial charge in [0.1, 0.15) is 12.8 Å². The van der Waals surface area contributed by atoms with Crippen LogP contribution in [-0.2, 0) is 13.2 Å². The fourth-order valence-electron chi connectivity index (χ4n) is 4.12. The predicted octanol–water partition coefficient (Wildman–Crippen LogP) is 3.93. The monoisotopic (exact) mass is 464 g/mol. The van der Waals surface area contributed by atoms with Crippen molar-refractivity contribution in [2.24, 2.45) is 0 Å². The zero-order valence-electron chi connectivity index (χ0n) is 19.1. The van der Waals surface area contributed by atoms with Gasteiger partial charge in [0.15, 0.2) is 0 Å². The zero-order valence-corrected chi connectivity index (χ0v) is 19.1. The molecule has 178 valence electrons. The van der Waals surface area contributed by atoms with Gasteiger partial charge in [-0.2, -0.15) is 0 Å². The van der Waals surface area contributed by atoms with E-state index < -0.39 is 19.4 Å². The molecule has 1 aliphatic heterocycles. The standard InChI is InChI=1S/C26H29FN4O3/c1-2-28-26(34)30-12-13-31(21-9-6-18(15-27)7-10-21)24-11-8-19(14-20(24)16-30)22-4-3-5-23(29-22)25(33)17-32/h3-11,14,25,32-33H,2,12-13,15-17H2,1H3,(H,28,34)/t25-/m1/s1. The largest absolute Gasteiger partial charge is 0.393 e. The van der Waals surface area contributed by atoms with Crippen LogP contribution in [0.4, 0.5) is 20.6 Å². The lowest BCUT2D eigenvalue weighted by molar-refractivity contribution is 0.0923. The van der Waals surface area contributed by atoms with Gasteiger partial charge in [0.2, 0.25) is 0 Å². The average molecular weight is 465 g/mol. The van der Waals surface area contributed by atoms with E-state index in [2.05, 4.69) is 15.2 Å². The third-order valence-corrected chi connectivity index (χ3v) is 5.92. The SMILES string of the molecule is CCNC(=O)N1CCN(c2ccc(CF)cc2)c2ccc(-c3cccc([C@H](O)CO)n3)cc2C1. The number of carbonyl (C=O) groups excluding carboxylic acids is 1. The Morgan fingerprint density at radius 2 is 1.94 bits per heavy atom. The molecule has 0 bridgehead atoms. The summed E-state index contributed by atoms with van der Waals surface area (Å²) >= 11 is 0. The number of alkyl halides is 1. The number of aromatic nitrogens is 1. The smallest absolute Gasteiger partial charge is 0.317 e. The summed E-state index contributed by atoms with van der Waals surface area (Å²) in [6.07, 6.45) is -1.04. The maximum absolute atomic E-state index is 13.0.